The summed E-state index contributed by atoms with van der Waals surface area (Å²) >= 11 is 3.48. The number of H-pyrrole nitrogens is 2. The molecule has 0 saturated heterocycles. The highest BCUT2D eigenvalue weighted by atomic mass is 79.9. The largest absolute Gasteiger partial charge is 0.427 e. The van der Waals surface area contributed by atoms with E-state index >= 15 is 0 Å². The molecule has 0 aliphatic rings. The average Bonchev–Trinajstić information content (AvgIpc) is 3.14. The van der Waals surface area contributed by atoms with E-state index < -0.39 is 11.2 Å². The summed E-state index contributed by atoms with van der Waals surface area (Å²) < 4.78 is 6.89. The fourth-order valence-corrected chi connectivity index (χ4v) is 3.40. The first kappa shape index (κ1) is 17.7. The van der Waals surface area contributed by atoms with Crippen molar-refractivity contribution < 1.29 is 9.20 Å². The number of nitrogens with one attached hydrogen (secondary N) is 2. The van der Waals surface area contributed by atoms with Crippen LogP contribution in [-0.2, 0) is 0 Å². The van der Waals surface area contributed by atoms with E-state index in [1.807, 2.05) is 30.3 Å². The number of nitrogens with zero attached hydrogens (tertiary/aromatic N) is 2. The lowest BCUT2D eigenvalue weighted by Crippen LogP contribution is -2.31. The lowest BCUT2D eigenvalue weighted by molar-refractivity contribution is -0.670. The average molecular weight is 436 g/mol. The zero-order chi connectivity index (χ0) is 19.7. The van der Waals surface area contributed by atoms with Crippen LogP contribution in [0.15, 0.2) is 79.4 Å². The molecule has 0 atom stereocenters. The predicted octanol–water partition coefficient (Wildman–Crippen LogP) is 2.90. The number of hydrogen-bond acceptors (Lipinski definition) is 4. The number of hydrogen-bond donors (Lipinski definition) is 2. The quantitative estimate of drug-likeness (QED) is 0.482. The van der Waals surface area contributed by atoms with Crippen LogP contribution in [0.2, 0.25) is 0 Å². The number of aromatic nitrogens is 3. The van der Waals surface area contributed by atoms with Gasteiger partial charge in [0.1, 0.15) is 11.6 Å². The molecule has 0 unspecified atom stereocenters. The Morgan fingerprint density at radius 3 is 2.43 bits per heavy atom. The highest BCUT2D eigenvalue weighted by Gasteiger charge is 2.15. The van der Waals surface area contributed by atoms with Crippen LogP contribution in [0.1, 0.15) is 5.56 Å². The van der Waals surface area contributed by atoms with Gasteiger partial charge in [-0.15, -0.1) is 0 Å². The molecule has 2 aromatic carbocycles. The Morgan fingerprint density at radius 1 is 1.04 bits per heavy atom. The Balaban J connectivity index is 1.83. The molecule has 2 aromatic heterocycles. The molecule has 4 aromatic rings. The number of pyridine rings is 1. The molecule has 0 aliphatic carbocycles. The second-order valence-electron chi connectivity index (χ2n) is 5.95. The third-order valence-electron chi connectivity index (χ3n) is 4.24. The van der Waals surface area contributed by atoms with Crippen LogP contribution in [0.25, 0.3) is 28.1 Å². The lowest BCUT2D eigenvalue weighted by atomic mass is 9.99. The maximum absolute atomic E-state index is 12.5. The summed E-state index contributed by atoms with van der Waals surface area (Å²) in [5.41, 5.74) is 2.44. The van der Waals surface area contributed by atoms with Crippen molar-refractivity contribution in [2.45, 2.75) is 0 Å². The first-order valence-electron chi connectivity index (χ1n) is 8.20. The van der Waals surface area contributed by atoms with Gasteiger partial charge in [0.2, 0.25) is 5.69 Å². The fourth-order valence-electron chi connectivity index (χ4n) is 2.90. The molecule has 2 heterocycles. The van der Waals surface area contributed by atoms with Crippen LogP contribution in [0.4, 0.5) is 0 Å². The Hall–Kier alpha value is -3.70. The number of nitriles is 1. The molecule has 136 valence electrons. The minimum Gasteiger partial charge on any atom is -0.321 e. The Morgan fingerprint density at radius 2 is 1.79 bits per heavy atom. The summed E-state index contributed by atoms with van der Waals surface area (Å²) in [7, 11) is 0. The van der Waals surface area contributed by atoms with E-state index in [2.05, 4.69) is 30.7 Å². The van der Waals surface area contributed by atoms with Crippen molar-refractivity contribution in [1.82, 2.24) is 10.3 Å². The van der Waals surface area contributed by atoms with Gasteiger partial charge in [0, 0.05) is 27.9 Å². The summed E-state index contributed by atoms with van der Waals surface area (Å²) in [5.74, 6) is 0. The van der Waals surface area contributed by atoms with Gasteiger partial charge in [-0.25, -0.2) is 4.79 Å². The van der Waals surface area contributed by atoms with Crippen LogP contribution in [-0.4, -0.2) is 10.3 Å². The fraction of sp³-hybridized carbons (Fsp3) is 0. The van der Waals surface area contributed by atoms with Crippen molar-refractivity contribution in [3.63, 3.8) is 0 Å². The summed E-state index contributed by atoms with van der Waals surface area (Å²) in [4.78, 5) is 26.4. The van der Waals surface area contributed by atoms with Gasteiger partial charge in [-0.2, -0.15) is 5.26 Å². The highest BCUT2D eigenvalue weighted by molar-refractivity contribution is 9.10. The van der Waals surface area contributed by atoms with Crippen LogP contribution < -0.4 is 15.9 Å². The molecule has 7 nitrogen and oxygen atoms in total. The van der Waals surface area contributed by atoms with Gasteiger partial charge in [0.25, 0.3) is 11.8 Å². The first-order chi connectivity index (χ1) is 13.6. The zero-order valence-electron chi connectivity index (χ0n) is 14.3. The topological polar surface area (TPSA) is 107 Å². The van der Waals surface area contributed by atoms with Gasteiger partial charge in [-0.3, -0.25) is 9.32 Å². The van der Waals surface area contributed by atoms with Gasteiger partial charge in [-0.05, 0) is 45.3 Å². The standard InChI is InChI=1S/C20H11BrN4O3/c21-17-4-2-1-3-14(17)15-9-18(23-20(27)16(15)10-22)12-5-7-13(8-6-12)25-11-19(26)28-24-25/h1-9,11H,(H-,23,24,26,27)/p+1. The molecule has 0 radical (unpaired) electrons. The normalized spacial score (nSPS) is 10.6. The third-order valence-corrected chi connectivity index (χ3v) is 4.94. The van der Waals surface area contributed by atoms with Crippen LogP contribution in [0.3, 0.4) is 0 Å². The number of benzene rings is 2. The Labute approximate surface area is 166 Å². The maximum Gasteiger partial charge on any atom is 0.427 e. The minimum absolute atomic E-state index is 0.0544. The minimum atomic E-state index is -0.487. The van der Waals surface area contributed by atoms with Gasteiger partial charge in [-0.1, -0.05) is 34.1 Å². The second kappa shape index (κ2) is 7.13. The smallest absolute Gasteiger partial charge is 0.321 e. The predicted molar refractivity (Wildman–Crippen MR) is 105 cm³/mol. The van der Waals surface area contributed by atoms with Crippen molar-refractivity contribution in [3.05, 3.63) is 91.6 Å². The van der Waals surface area contributed by atoms with Crippen LogP contribution in [0.5, 0.6) is 0 Å². The summed E-state index contributed by atoms with van der Waals surface area (Å²) in [6, 6.07) is 18.3. The molecule has 0 spiro atoms. The second-order valence-corrected chi connectivity index (χ2v) is 6.81. The summed E-state index contributed by atoms with van der Waals surface area (Å²) in [5, 5.41) is 11.9. The van der Waals surface area contributed by atoms with E-state index in [1.54, 1.807) is 30.3 Å². The molecule has 2 N–H and O–H groups in total. The Kier molecular flexibility index (Phi) is 4.51. The maximum atomic E-state index is 12.5. The molecular formula is C20H12BrN4O3+. The van der Waals surface area contributed by atoms with Gasteiger partial charge >= 0.3 is 5.63 Å². The molecule has 0 amide bonds. The molecule has 0 bridgehead atoms. The van der Waals surface area contributed by atoms with E-state index in [0.717, 1.165) is 15.6 Å². The van der Waals surface area contributed by atoms with E-state index in [1.165, 1.54) is 10.9 Å². The van der Waals surface area contributed by atoms with E-state index in [0.29, 0.717) is 16.9 Å². The van der Waals surface area contributed by atoms with Crippen molar-refractivity contribution in [2.75, 3.05) is 0 Å². The Bertz CT molecular complexity index is 1330. The lowest BCUT2D eigenvalue weighted by Gasteiger charge is -2.09. The SMILES string of the molecule is N#Cc1c(-c2ccccc2Br)cc(-c2ccc(-[n+]3cc(=O)o[nH]3)cc2)[nH]c1=O. The molecule has 8 heteroatoms. The summed E-state index contributed by atoms with van der Waals surface area (Å²) in [6.07, 6.45) is 1.28. The number of halogens is 1. The van der Waals surface area contributed by atoms with Crippen molar-refractivity contribution >= 4 is 15.9 Å². The first-order valence-corrected chi connectivity index (χ1v) is 8.99. The molecule has 4 rings (SSSR count). The zero-order valence-corrected chi connectivity index (χ0v) is 15.9. The highest BCUT2D eigenvalue weighted by Crippen LogP contribution is 2.31. The molecule has 0 saturated carbocycles. The van der Waals surface area contributed by atoms with Crippen LogP contribution in [0, 0.1) is 11.3 Å². The molecular weight excluding hydrogens is 424 g/mol. The molecule has 0 fully saturated rings. The van der Waals surface area contributed by atoms with E-state index in [4.69, 9.17) is 0 Å². The van der Waals surface area contributed by atoms with Gasteiger partial charge < -0.3 is 4.98 Å². The summed E-state index contributed by atoms with van der Waals surface area (Å²) in [6.45, 7) is 0. The van der Waals surface area contributed by atoms with Gasteiger partial charge in [0.05, 0.1) is 0 Å². The van der Waals surface area contributed by atoms with Gasteiger partial charge in [0.15, 0.2) is 0 Å². The molecule has 0 aliphatic heterocycles. The monoisotopic (exact) mass is 435 g/mol. The third kappa shape index (κ3) is 3.19. The number of aromatic amines is 2. The van der Waals surface area contributed by atoms with E-state index in [-0.39, 0.29) is 5.56 Å². The van der Waals surface area contributed by atoms with E-state index in [9.17, 15) is 14.9 Å². The van der Waals surface area contributed by atoms with Crippen LogP contribution >= 0.6 is 15.9 Å². The van der Waals surface area contributed by atoms with Crippen molar-refractivity contribution in [1.29, 1.82) is 5.26 Å². The number of rotatable bonds is 3. The van der Waals surface area contributed by atoms with Crippen molar-refractivity contribution in [2.24, 2.45) is 0 Å². The molecule has 28 heavy (non-hydrogen) atoms. The van der Waals surface area contributed by atoms with Crippen molar-refractivity contribution in [3.8, 4) is 34.1 Å².